The first-order chi connectivity index (χ1) is 12.3. The van der Waals surface area contributed by atoms with Crippen molar-refractivity contribution in [2.75, 3.05) is 32.1 Å². The zero-order valence-corrected chi connectivity index (χ0v) is 20.0. The zero-order chi connectivity index (χ0) is 18.8. The van der Waals surface area contributed by atoms with Gasteiger partial charge >= 0.3 is 0 Å². The largest absolute Gasteiger partial charge is 0.309 e. The van der Waals surface area contributed by atoms with E-state index >= 15 is 0 Å². The fourth-order valence-corrected chi connectivity index (χ4v) is 5.43. The Hall–Kier alpha value is -0.700. The summed E-state index contributed by atoms with van der Waals surface area (Å²) in [5.41, 5.74) is 1.93. The van der Waals surface area contributed by atoms with Gasteiger partial charge in [0.05, 0.1) is 18.9 Å². The highest BCUT2D eigenvalue weighted by Crippen LogP contribution is 2.34. The first kappa shape index (κ1) is 22.6. The average Bonchev–Trinajstić information content (AvgIpc) is 3.17. The predicted molar refractivity (Wildman–Crippen MR) is 123 cm³/mol. The van der Waals surface area contributed by atoms with Crippen molar-refractivity contribution >= 4 is 83.9 Å². The number of fused-ring (bicyclic) bond motifs is 1. The number of rotatable bonds is 6. The molecule has 0 unspecified atom stereocenters. The third-order valence-electron chi connectivity index (χ3n) is 3.89. The Morgan fingerprint density at radius 2 is 1.96 bits per heavy atom. The lowest BCUT2D eigenvalue weighted by atomic mass is 10.2. The molecule has 0 fully saturated rings. The summed E-state index contributed by atoms with van der Waals surface area (Å²) in [6.45, 7) is 3.53. The van der Waals surface area contributed by atoms with Crippen molar-refractivity contribution < 1.29 is 4.79 Å². The van der Waals surface area contributed by atoms with Gasteiger partial charge in [-0.2, -0.15) is 0 Å². The lowest BCUT2D eigenvalue weighted by molar-refractivity contribution is 0.0990. The molecule has 2 aromatic heterocycles. The van der Waals surface area contributed by atoms with Crippen LogP contribution in [0.15, 0.2) is 28.1 Å². The maximum atomic E-state index is 13.1. The summed E-state index contributed by atoms with van der Waals surface area (Å²) in [6, 6.07) is 7.57. The molecular weight excluding hydrogens is 489 g/mol. The number of aryl methyl sites for hydroxylation is 1. The van der Waals surface area contributed by atoms with Crippen LogP contribution in [0.1, 0.15) is 21.7 Å². The molecule has 0 saturated carbocycles. The van der Waals surface area contributed by atoms with Crippen LogP contribution in [-0.4, -0.2) is 43.0 Å². The number of carbonyl (C=O) groups is 1. The molecule has 0 saturated heterocycles. The number of thiophene rings is 1. The minimum Gasteiger partial charge on any atom is -0.309 e. The van der Waals surface area contributed by atoms with Crippen molar-refractivity contribution in [3.63, 3.8) is 0 Å². The monoisotopic (exact) mass is 507 g/mol. The molecule has 0 bridgehead atoms. The molecule has 1 aromatic carbocycles. The first-order valence-corrected chi connectivity index (χ1v) is 10.9. The number of nitrogens with zero attached hydrogens (tertiary/aromatic N) is 3. The Bertz CT molecular complexity index is 942. The van der Waals surface area contributed by atoms with Crippen molar-refractivity contribution in [2.24, 2.45) is 0 Å². The fourth-order valence-electron chi connectivity index (χ4n) is 2.65. The fraction of sp³-hybridized carbons (Fsp3) is 0.333. The highest BCUT2D eigenvalue weighted by Gasteiger charge is 2.23. The molecule has 0 atom stereocenters. The number of aromatic nitrogens is 1. The summed E-state index contributed by atoms with van der Waals surface area (Å²) in [6.07, 6.45) is 0.876. The lowest BCUT2D eigenvalue weighted by Gasteiger charge is -2.20. The van der Waals surface area contributed by atoms with Gasteiger partial charge in [-0.25, -0.2) is 4.98 Å². The van der Waals surface area contributed by atoms with Crippen LogP contribution in [-0.2, 0) is 0 Å². The quantitative estimate of drug-likeness (QED) is 0.403. The maximum Gasteiger partial charge on any atom is 0.270 e. The van der Waals surface area contributed by atoms with Crippen molar-refractivity contribution in [1.82, 2.24) is 9.88 Å². The predicted octanol–water partition coefficient (Wildman–Crippen LogP) is 6.10. The van der Waals surface area contributed by atoms with Crippen LogP contribution in [0.4, 0.5) is 5.13 Å². The number of thiazole rings is 1. The van der Waals surface area contributed by atoms with Crippen LogP contribution >= 0.6 is 62.6 Å². The van der Waals surface area contributed by atoms with Gasteiger partial charge in [0, 0.05) is 11.6 Å². The number of halogens is 3. The molecule has 4 nitrogen and oxygen atoms in total. The second-order valence-corrected chi connectivity index (χ2v) is 10.2. The Morgan fingerprint density at radius 1 is 1.22 bits per heavy atom. The number of amides is 1. The van der Waals surface area contributed by atoms with E-state index in [0.29, 0.717) is 16.4 Å². The summed E-state index contributed by atoms with van der Waals surface area (Å²) in [7, 11) is 4.07. The zero-order valence-electron chi connectivity index (χ0n) is 15.2. The molecule has 0 aliphatic rings. The Morgan fingerprint density at radius 3 is 2.59 bits per heavy atom. The maximum absolute atomic E-state index is 13.1. The molecule has 0 aliphatic carbocycles. The van der Waals surface area contributed by atoms with Gasteiger partial charge in [-0.05, 0) is 79.7 Å². The molecular formula is C18H20BrCl2N3OS2. The summed E-state index contributed by atoms with van der Waals surface area (Å²) in [5, 5.41) is 1.41. The molecule has 0 radical (unpaired) electrons. The first-order valence-electron chi connectivity index (χ1n) is 8.14. The summed E-state index contributed by atoms with van der Waals surface area (Å²) in [4.78, 5) is 22.5. The molecule has 146 valence electrons. The van der Waals surface area contributed by atoms with Gasteiger partial charge in [0.15, 0.2) is 5.13 Å². The van der Waals surface area contributed by atoms with E-state index in [0.717, 1.165) is 37.7 Å². The second-order valence-electron chi connectivity index (χ2n) is 6.28. The van der Waals surface area contributed by atoms with Gasteiger partial charge in [-0.1, -0.05) is 22.9 Å². The minimum atomic E-state index is -0.0118. The van der Waals surface area contributed by atoms with Crippen LogP contribution in [0.3, 0.4) is 0 Å². The van der Waals surface area contributed by atoms with Gasteiger partial charge in [0.1, 0.15) is 0 Å². The SMILES string of the molecule is Cc1cc(Cl)cc2sc(N(CCCN(C)C)C(=O)c3ccc(Br)s3)nc12.Cl. The van der Waals surface area contributed by atoms with Crippen molar-refractivity contribution in [3.05, 3.63) is 43.5 Å². The van der Waals surface area contributed by atoms with E-state index in [1.165, 1.54) is 22.7 Å². The smallest absolute Gasteiger partial charge is 0.270 e. The van der Waals surface area contributed by atoms with Crippen molar-refractivity contribution in [1.29, 1.82) is 0 Å². The Balaban J connectivity index is 0.00000261. The normalized spacial score (nSPS) is 11.0. The van der Waals surface area contributed by atoms with E-state index in [1.807, 2.05) is 45.3 Å². The third-order valence-corrected chi connectivity index (χ3v) is 6.74. The Labute approximate surface area is 186 Å². The number of hydrogen-bond acceptors (Lipinski definition) is 5. The lowest BCUT2D eigenvalue weighted by Crippen LogP contribution is -2.32. The van der Waals surface area contributed by atoms with Crippen LogP contribution in [0.25, 0.3) is 10.2 Å². The molecule has 27 heavy (non-hydrogen) atoms. The highest BCUT2D eigenvalue weighted by molar-refractivity contribution is 9.11. The summed E-state index contributed by atoms with van der Waals surface area (Å²) < 4.78 is 1.95. The second kappa shape index (κ2) is 9.67. The van der Waals surface area contributed by atoms with Crippen molar-refractivity contribution in [3.8, 4) is 0 Å². The highest BCUT2D eigenvalue weighted by atomic mass is 79.9. The van der Waals surface area contributed by atoms with Crippen molar-refractivity contribution in [2.45, 2.75) is 13.3 Å². The van der Waals surface area contributed by atoms with Crippen LogP contribution in [0, 0.1) is 6.92 Å². The third kappa shape index (κ3) is 5.43. The number of hydrogen-bond donors (Lipinski definition) is 0. The molecule has 0 N–H and O–H groups in total. The van der Waals surface area contributed by atoms with Gasteiger partial charge < -0.3 is 4.90 Å². The van der Waals surface area contributed by atoms with E-state index < -0.39 is 0 Å². The molecule has 1 amide bonds. The molecule has 0 aliphatic heterocycles. The number of benzene rings is 1. The van der Waals surface area contributed by atoms with Gasteiger partial charge in [0.25, 0.3) is 5.91 Å². The van der Waals surface area contributed by atoms with Gasteiger partial charge in [0.2, 0.25) is 0 Å². The van der Waals surface area contributed by atoms with E-state index in [-0.39, 0.29) is 18.3 Å². The average molecular weight is 509 g/mol. The van der Waals surface area contributed by atoms with Crippen LogP contribution < -0.4 is 4.90 Å². The summed E-state index contributed by atoms with van der Waals surface area (Å²) in [5.74, 6) is -0.0118. The van der Waals surface area contributed by atoms with E-state index in [4.69, 9.17) is 16.6 Å². The van der Waals surface area contributed by atoms with E-state index in [9.17, 15) is 4.79 Å². The minimum absolute atomic E-state index is 0. The molecule has 9 heteroatoms. The standard InChI is InChI=1S/C18H19BrClN3OS2.ClH/c1-11-9-12(20)10-14-16(11)21-18(26-14)23(8-4-7-22(2)3)17(24)13-5-6-15(19)25-13;/h5-6,9-10H,4,7-8H2,1-3H3;1H. The molecule has 0 spiro atoms. The molecule has 3 aromatic rings. The number of carbonyl (C=O) groups excluding carboxylic acids is 1. The Kier molecular flexibility index (Phi) is 8.09. The topological polar surface area (TPSA) is 36.4 Å². The number of anilines is 1. The molecule has 3 rings (SSSR count). The van der Waals surface area contributed by atoms with Gasteiger partial charge in [-0.15, -0.1) is 23.7 Å². The van der Waals surface area contributed by atoms with Gasteiger partial charge in [-0.3, -0.25) is 9.69 Å². The van der Waals surface area contributed by atoms with E-state index in [1.54, 1.807) is 4.90 Å². The van der Waals surface area contributed by atoms with Crippen LogP contribution in [0.5, 0.6) is 0 Å². The van der Waals surface area contributed by atoms with E-state index in [2.05, 4.69) is 20.8 Å². The van der Waals surface area contributed by atoms with Crippen LogP contribution in [0.2, 0.25) is 5.02 Å². The summed E-state index contributed by atoms with van der Waals surface area (Å²) >= 11 is 12.6. The molecule has 2 heterocycles.